The second kappa shape index (κ2) is 4.48. The van der Waals surface area contributed by atoms with Crippen LogP contribution >= 0.6 is 0 Å². The Balaban J connectivity index is 4.15. The highest BCUT2D eigenvalue weighted by molar-refractivity contribution is 5.68. The zero-order valence-electron chi connectivity index (χ0n) is 8.52. The number of hydrogen-bond acceptors (Lipinski definition) is 2. The lowest BCUT2D eigenvalue weighted by molar-refractivity contribution is -0.315. The van der Waals surface area contributed by atoms with Crippen molar-refractivity contribution < 1.29 is 9.90 Å². The highest BCUT2D eigenvalue weighted by Crippen LogP contribution is 2.29. The Morgan fingerprint density at radius 3 is 2.17 bits per heavy atom. The van der Waals surface area contributed by atoms with E-state index in [1.54, 1.807) is 0 Å². The third kappa shape index (κ3) is 3.74. The average Bonchev–Trinajstić information content (AvgIpc) is 1.84. The molecule has 0 aromatic heterocycles. The van der Waals surface area contributed by atoms with Gasteiger partial charge in [-0.2, -0.15) is 0 Å². The van der Waals surface area contributed by atoms with Crippen molar-refractivity contribution in [3.8, 4) is 0 Å². The highest BCUT2D eigenvalue weighted by Gasteiger charge is 2.24. The van der Waals surface area contributed by atoms with Crippen molar-refractivity contribution in [3.05, 3.63) is 0 Å². The summed E-state index contributed by atoms with van der Waals surface area (Å²) in [6.45, 7) is 7.91. The van der Waals surface area contributed by atoms with Gasteiger partial charge in [-0.3, -0.25) is 0 Å². The van der Waals surface area contributed by atoms with Crippen molar-refractivity contribution in [2.24, 2.45) is 11.3 Å². The summed E-state index contributed by atoms with van der Waals surface area (Å²) < 4.78 is 0. The number of hydrogen-bond donors (Lipinski definition) is 0. The molecule has 0 aliphatic heterocycles. The molecule has 0 aliphatic carbocycles. The van der Waals surface area contributed by atoms with Crippen LogP contribution in [0.2, 0.25) is 0 Å². The normalized spacial score (nSPS) is 14.3. The van der Waals surface area contributed by atoms with Gasteiger partial charge in [0, 0.05) is 11.9 Å². The monoisotopic (exact) mass is 171 g/mol. The number of rotatable bonds is 4. The fourth-order valence-electron chi connectivity index (χ4n) is 1.31. The molecule has 0 bridgehead atoms. The van der Waals surface area contributed by atoms with E-state index in [1.807, 2.05) is 20.8 Å². The second-order valence-corrected chi connectivity index (χ2v) is 4.38. The Morgan fingerprint density at radius 2 is 1.92 bits per heavy atom. The van der Waals surface area contributed by atoms with Crippen molar-refractivity contribution in [2.45, 2.75) is 47.0 Å². The summed E-state index contributed by atoms with van der Waals surface area (Å²) in [5, 5.41) is 10.7. The van der Waals surface area contributed by atoms with E-state index in [-0.39, 0.29) is 11.3 Å². The van der Waals surface area contributed by atoms with E-state index in [2.05, 4.69) is 6.92 Å². The summed E-state index contributed by atoms with van der Waals surface area (Å²) in [6.07, 6.45) is 2.75. The predicted octanol–water partition coefficient (Wildman–Crippen LogP) is 1.59. The molecule has 0 rings (SSSR count). The molecule has 0 aromatic carbocycles. The predicted molar refractivity (Wildman–Crippen MR) is 47.5 cm³/mol. The standard InChI is InChI=1S/C10H20O2/c1-5-6-7-8(9(11)12)10(2,3)4/h8H,5-7H2,1-4H3,(H,11,12)/p-1. The lowest BCUT2D eigenvalue weighted by atomic mass is 9.78. The number of unbranched alkanes of at least 4 members (excludes halogenated alkanes) is 1. The topological polar surface area (TPSA) is 40.1 Å². The number of carboxylic acid groups (broad SMARTS) is 1. The van der Waals surface area contributed by atoms with E-state index in [4.69, 9.17) is 0 Å². The SMILES string of the molecule is CCCCC(C(=O)[O-])C(C)(C)C. The van der Waals surface area contributed by atoms with E-state index in [0.29, 0.717) is 0 Å². The lowest BCUT2D eigenvalue weighted by Crippen LogP contribution is -2.38. The summed E-state index contributed by atoms with van der Waals surface area (Å²) in [4.78, 5) is 10.7. The second-order valence-electron chi connectivity index (χ2n) is 4.38. The number of carbonyl (C=O) groups excluding carboxylic acids is 1. The minimum absolute atomic E-state index is 0.173. The first-order chi connectivity index (χ1) is 5.39. The zero-order chi connectivity index (χ0) is 9.78. The van der Waals surface area contributed by atoms with E-state index in [9.17, 15) is 9.90 Å². The highest BCUT2D eigenvalue weighted by atomic mass is 16.4. The minimum Gasteiger partial charge on any atom is -0.550 e. The number of aliphatic carboxylic acids is 1. The molecule has 0 amide bonds. The Hall–Kier alpha value is -0.530. The molecular formula is C10H19O2-. The summed E-state index contributed by atoms with van der Waals surface area (Å²) >= 11 is 0. The van der Waals surface area contributed by atoms with Gasteiger partial charge in [0.15, 0.2) is 0 Å². The molecule has 0 aromatic rings. The molecule has 0 radical (unpaired) electrons. The van der Waals surface area contributed by atoms with Crippen LogP contribution in [0.4, 0.5) is 0 Å². The molecule has 0 saturated heterocycles. The van der Waals surface area contributed by atoms with E-state index in [0.717, 1.165) is 19.3 Å². The molecule has 0 saturated carbocycles. The molecular weight excluding hydrogens is 152 g/mol. The van der Waals surface area contributed by atoms with Crippen molar-refractivity contribution in [3.63, 3.8) is 0 Å². The molecule has 0 spiro atoms. The van der Waals surface area contributed by atoms with Crippen LogP contribution in [0.3, 0.4) is 0 Å². The van der Waals surface area contributed by atoms with Gasteiger partial charge >= 0.3 is 0 Å². The minimum atomic E-state index is -0.907. The van der Waals surface area contributed by atoms with Crippen molar-refractivity contribution in [1.29, 1.82) is 0 Å². The van der Waals surface area contributed by atoms with Gasteiger partial charge in [0.1, 0.15) is 0 Å². The molecule has 0 aliphatic rings. The third-order valence-corrected chi connectivity index (χ3v) is 2.18. The molecule has 2 heteroatoms. The van der Waals surface area contributed by atoms with Gasteiger partial charge in [0.25, 0.3) is 0 Å². The van der Waals surface area contributed by atoms with Gasteiger partial charge in [-0.15, -0.1) is 0 Å². The molecule has 1 atom stereocenters. The molecule has 2 nitrogen and oxygen atoms in total. The van der Waals surface area contributed by atoms with Gasteiger partial charge < -0.3 is 9.90 Å². The summed E-state index contributed by atoms with van der Waals surface area (Å²) in [5.74, 6) is -1.21. The summed E-state index contributed by atoms with van der Waals surface area (Å²) in [5.41, 5.74) is -0.173. The van der Waals surface area contributed by atoms with Crippen molar-refractivity contribution in [2.75, 3.05) is 0 Å². The molecule has 0 N–H and O–H groups in total. The van der Waals surface area contributed by atoms with Crippen LogP contribution in [0.25, 0.3) is 0 Å². The first kappa shape index (κ1) is 11.5. The van der Waals surface area contributed by atoms with Gasteiger partial charge in [0.2, 0.25) is 0 Å². The molecule has 72 valence electrons. The zero-order valence-corrected chi connectivity index (χ0v) is 8.52. The molecule has 12 heavy (non-hydrogen) atoms. The Morgan fingerprint density at radius 1 is 1.42 bits per heavy atom. The van der Waals surface area contributed by atoms with Gasteiger partial charge in [-0.05, 0) is 11.8 Å². The van der Waals surface area contributed by atoms with Crippen LogP contribution in [-0.4, -0.2) is 5.97 Å². The van der Waals surface area contributed by atoms with Gasteiger partial charge in [0.05, 0.1) is 0 Å². The van der Waals surface area contributed by atoms with E-state index < -0.39 is 5.97 Å². The quantitative estimate of drug-likeness (QED) is 0.644. The Bertz CT molecular complexity index is 144. The third-order valence-electron chi connectivity index (χ3n) is 2.18. The van der Waals surface area contributed by atoms with Crippen LogP contribution in [-0.2, 0) is 4.79 Å². The van der Waals surface area contributed by atoms with Crippen LogP contribution in [0.5, 0.6) is 0 Å². The molecule has 1 unspecified atom stereocenters. The van der Waals surface area contributed by atoms with Crippen molar-refractivity contribution >= 4 is 5.97 Å². The first-order valence-electron chi connectivity index (χ1n) is 4.60. The van der Waals surface area contributed by atoms with Crippen LogP contribution in [0.15, 0.2) is 0 Å². The summed E-state index contributed by atoms with van der Waals surface area (Å²) in [6, 6.07) is 0. The fourth-order valence-corrected chi connectivity index (χ4v) is 1.31. The van der Waals surface area contributed by atoms with Gasteiger partial charge in [-0.25, -0.2) is 0 Å². The average molecular weight is 171 g/mol. The lowest BCUT2D eigenvalue weighted by Gasteiger charge is -2.31. The number of carbonyl (C=O) groups is 1. The van der Waals surface area contributed by atoms with E-state index in [1.165, 1.54) is 0 Å². The molecule has 0 heterocycles. The maximum absolute atomic E-state index is 10.7. The van der Waals surface area contributed by atoms with Gasteiger partial charge in [-0.1, -0.05) is 40.5 Å². The van der Waals surface area contributed by atoms with Crippen molar-refractivity contribution in [1.82, 2.24) is 0 Å². The fraction of sp³-hybridized carbons (Fsp3) is 0.900. The molecule has 0 fully saturated rings. The number of carboxylic acids is 1. The summed E-state index contributed by atoms with van der Waals surface area (Å²) in [7, 11) is 0. The van der Waals surface area contributed by atoms with E-state index >= 15 is 0 Å². The Labute approximate surface area is 75.0 Å². The Kier molecular flexibility index (Phi) is 4.29. The maximum Gasteiger partial charge on any atom is 0.0450 e. The smallest absolute Gasteiger partial charge is 0.0450 e. The maximum atomic E-state index is 10.7. The van der Waals surface area contributed by atoms with Crippen LogP contribution in [0, 0.1) is 11.3 Å². The van der Waals surface area contributed by atoms with Crippen LogP contribution in [0.1, 0.15) is 47.0 Å². The largest absolute Gasteiger partial charge is 0.550 e. The van der Waals surface area contributed by atoms with Crippen LogP contribution < -0.4 is 5.11 Å². The first-order valence-corrected chi connectivity index (χ1v) is 4.60.